The largest absolute Gasteiger partial charge is 0.457 e. The van der Waals surface area contributed by atoms with Crippen molar-refractivity contribution in [2.45, 2.75) is 130 Å². The van der Waals surface area contributed by atoms with E-state index in [9.17, 15) is 19.8 Å². The van der Waals surface area contributed by atoms with E-state index in [0.717, 1.165) is 25.7 Å². The molecular formula is C28H46O9. The van der Waals surface area contributed by atoms with Crippen LogP contribution in [0.5, 0.6) is 0 Å². The highest BCUT2D eigenvalue weighted by Gasteiger charge is 2.73. The molecule has 0 spiro atoms. The first-order valence-electron chi connectivity index (χ1n) is 14.2. The monoisotopic (exact) mass is 526 g/mol. The van der Waals surface area contributed by atoms with Crippen LogP contribution in [0.3, 0.4) is 0 Å². The van der Waals surface area contributed by atoms with E-state index in [4.69, 9.17) is 23.7 Å². The van der Waals surface area contributed by atoms with Crippen molar-refractivity contribution in [1.29, 1.82) is 0 Å². The fraction of sp³-hybridized carbons (Fsp3) is 0.929. The van der Waals surface area contributed by atoms with Crippen LogP contribution in [0.15, 0.2) is 0 Å². The van der Waals surface area contributed by atoms with Crippen LogP contribution in [0.1, 0.15) is 92.4 Å². The number of hydrogen-bond donors (Lipinski definition) is 2. The van der Waals surface area contributed by atoms with Crippen LogP contribution in [-0.4, -0.2) is 65.9 Å². The van der Waals surface area contributed by atoms with E-state index < -0.39 is 60.5 Å². The van der Waals surface area contributed by atoms with E-state index in [2.05, 4.69) is 0 Å². The van der Waals surface area contributed by atoms with Gasteiger partial charge < -0.3 is 33.9 Å². The van der Waals surface area contributed by atoms with Crippen molar-refractivity contribution in [3.63, 3.8) is 0 Å². The summed E-state index contributed by atoms with van der Waals surface area (Å²) in [7, 11) is 0. The first kappa shape index (κ1) is 28.7. The number of rotatable bonds is 12. The second kappa shape index (κ2) is 11.5. The number of fused-ring (bicyclic) bond motifs is 1. The molecule has 4 fully saturated rings. The van der Waals surface area contributed by atoms with E-state index in [1.54, 1.807) is 6.92 Å². The molecule has 2 N–H and O–H groups in total. The summed E-state index contributed by atoms with van der Waals surface area (Å²) in [6.07, 6.45) is 3.77. The Kier molecular flexibility index (Phi) is 8.90. The van der Waals surface area contributed by atoms with Gasteiger partial charge in [-0.1, -0.05) is 40.0 Å². The van der Waals surface area contributed by atoms with Gasteiger partial charge in [0.25, 0.3) is 0 Å². The molecule has 9 nitrogen and oxygen atoms in total. The standard InChI is InChI=1S/C28H46O9/c1-6-27(5,13-16(2)3)24(30)33-15-21(29)36-22-18-12-20-23(22)37-26(32)28(20,14-18)25(31)35-17(4)34-19-10-8-7-9-11-19/h16-20,22-23,25-26,31-32H,6-15H2,1-5H3. The minimum atomic E-state index is -1.26. The van der Waals surface area contributed by atoms with E-state index >= 15 is 0 Å². The Bertz CT molecular complexity index is 811. The smallest absolute Gasteiger partial charge is 0.344 e. The highest BCUT2D eigenvalue weighted by atomic mass is 16.7. The van der Waals surface area contributed by atoms with Crippen LogP contribution in [0.4, 0.5) is 0 Å². The summed E-state index contributed by atoms with van der Waals surface area (Å²) in [4.78, 5) is 25.3. The van der Waals surface area contributed by atoms with Crippen LogP contribution in [0.2, 0.25) is 0 Å². The molecule has 0 aromatic rings. The third-order valence-electron chi connectivity index (χ3n) is 9.23. The van der Waals surface area contributed by atoms with Crippen LogP contribution >= 0.6 is 0 Å². The average Bonchev–Trinajstić information content (AvgIpc) is 3.45. The highest BCUT2D eigenvalue weighted by molar-refractivity contribution is 5.80. The Labute approximate surface area is 220 Å². The lowest BCUT2D eigenvalue weighted by Gasteiger charge is -2.40. The molecule has 0 aromatic carbocycles. The number of carbonyl (C=O) groups is 2. The minimum Gasteiger partial charge on any atom is -0.457 e. The Hall–Kier alpha value is -1.26. The summed E-state index contributed by atoms with van der Waals surface area (Å²) in [5.74, 6) is -0.993. The molecule has 9 atom stereocenters. The summed E-state index contributed by atoms with van der Waals surface area (Å²) >= 11 is 0. The van der Waals surface area contributed by atoms with Crippen LogP contribution in [0.25, 0.3) is 0 Å². The van der Waals surface area contributed by atoms with Crippen molar-refractivity contribution in [1.82, 2.24) is 0 Å². The molecule has 3 aliphatic carbocycles. The molecule has 4 aliphatic rings. The van der Waals surface area contributed by atoms with Gasteiger partial charge in [-0.3, -0.25) is 4.79 Å². The summed E-state index contributed by atoms with van der Waals surface area (Å²) in [5.41, 5.74) is -1.62. The normalized spacial score (nSPS) is 36.4. The predicted molar refractivity (Wildman–Crippen MR) is 133 cm³/mol. The molecule has 9 unspecified atom stereocenters. The lowest BCUT2D eigenvalue weighted by molar-refractivity contribution is -0.298. The molecule has 1 aliphatic heterocycles. The van der Waals surface area contributed by atoms with Crippen molar-refractivity contribution in [2.24, 2.45) is 28.6 Å². The number of hydrogen-bond acceptors (Lipinski definition) is 9. The third-order valence-corrected chi connectivity index (χ3v) is 9.23. The second-order valence-corrected chi connectivity index (χ2v) is 12.4. The zero-order valence-electron chi connectivity index (χ0n) is 23.0. The van der Waals surface area contributed by atoms with Crippen molar-refractivity contribution in [3.05, 3.63) is 0 Å². The van der Waals surface area contributed by atoms with Crippen LogP contribution < -0.4 is 0 Å². The molecule has 3 saturated carbocycles. The van der Waals surface area contributed by atoms with Crippen molar-refractivity contribution in [2.75, 3.05) is 6.61 Å². The topological polar surface area (TPSA) is 121 Å². The quantitative estimate of drug-likeness (QED) is 0.290. The van der Waals surface area contributed by atoms with Crippen molar-refractivity contribution >= 4 is 11.9 Å². The molecule has 1 heterocycles. The van der Waals surface area contributed by atoms with Gasteiger partial charge in [-0.2, -0.15) is 0 Å². The Morgan fingerprint density at radius 3 is 2.51 bits per heavy atom. The SMILES string of the molecule is CCC(C)(CC(C)C)C(=O)OCC(=O)OC1C2CC3C1OC(O)C3(C(O)OC(C)OC1CCCCC1)C2. The van der Waals surface area contributed by atoms with E-state index in [1.807, 2.05) is 27.7 Å². The van der Waals surface area contributed by atoms with Gasteiger partial charge in [0.2, 0.25) is 0 Å². The van der Waals surface area contributed by atoms with Crippen LogP contribution in [0, 0.1) is 28.6 Å². The maximum atomic E-state index is 12.7. The molecule has 4 rings (SSSR count). The molecule has 0 amide bonds. The first-order valence-corrected chi connectivity index (χ1v) is 14.2. The summed E-state index contributed by atoms with van der Waals surface area (Å²) in [6, 6.07) is 0. The predicted octanol–water partition coefficient (Wildman–Crippen LogP) is 3.68. The Morgan fingerprint density at radius 2 is 1.86 bits per heavy atom. The van der Waals surface area contributed by atoms with Gasteiger partial charge >= 0.3 is 11.9 Å². The fourth-order valence-corrected chi connectivity index (χ4v) is 7.29. The maximum Gasteiger partial charge on any atom is 0.344 e. The summed E-state index contributed by atoms with van der Waals surface area (Å²) in [6.45, 7) is 9.21. The molecule has 0 radical (unpaired) electrons. The average molecular weight is 527 g/mol. The third kappa shape index (κ3) is 5.71. The molecule has 37 heavy (non-hydrogen) atoms. The summed E-state index contributed by atoms with van der Waals surface area (Å²) < 4.78 is 28.7. The highest BCUT2D eigenvalue weighted by Crippen LogP contribution is 2.65. The van der Waals surface area contributed by atoms with Gasteiger partial charge in [0, 0.05) is 5.92 Å². The zero-order valence-corrected chi connectivity index (χ0v) is 23.0. The number of esters is 2. The lowest BCUT2D eigenvalue weighted by atomic mass is 9.72. The first-order chi connectivity index (χ1) is 17.5. The van der Waals surface area contributed by atoms with Gasteiger partial charge in [-0.05, 0) is 64.2 Å². The van der Waals surface area contributed by atoms with Gasteiger partial charge in [-0.25, -0.2) is 4.79 Å². The van der Waals surface area contributed by atoms with Crippen molar-refractivity contribution < 1.29 is 43.5 Å². The fourth-order valence-electron chi connectivity index (χ4n) is 7.29. The van der Waals surface area contributed by atoms with Gasteiger partial charge in [0.1, 0.15) is 12.2 Å². The molecular weight excluding hydrogens is 480 g/mol. The minimum absolute atomic E-state index is 0.0820. The Morgan fingerprint density at radius 1 is 1.16 bits per heavy atom. The van der Waals surface area contributed by atoms with Crippen LogP contribution in [-0.2, 0) is 33.3 Å². The molecule has 1 saturated heterocycles. The number of ether oxygens (including phenoxy) is 5. The van der Waals surface area contributed by atoms with Crippen molar-refractivity contribution in [3.8, 4) is 0 Å². The van der Waals surface area contributed by atoms with E-state index in [0.29, 0.717) is 31.6 Å². The number of aliphatic hydroxyl groups is 2. The summed E-state index contributed by atoms with van der Waals surface area (Å²) in [5, 5.41) is 21.9. The Balaban J connectivity index is 1.30. The molecule has 2 bridgehead atoms. The molecule has 0 aromatic heterocycles. The lowest BCUT2D eigenvalue weighted by Crippen LogP contribution is -2.50. The number of aliphatic hydroxyl groups excluding tert-OH is 2. The number of carbonyl (C=O) groups excluding carboxylic acids is 2. The maximum absolute atomic E-state index is 12.7. The van der Waals surface area contributed by atoms with E-state index in [-0.39, 0.29) is 17.9 Å². The van der Waals surface area contributed by atoms with E-state index in [1.165, 1.54) is 6.42 Å². The second-order valence-electron chi connectivity index (χ2n) is 12.4. The van der Waals surface area contributed by atoms with Gasteiger partial charge in [-0.15, -0.1) is 0 Å². The van der Waals surface area contributed by atoms with Gasteiger partial charge in [0.05, 0.1) is 16.9 Å². The van der Waals surface area contributed by atoms with Gasteiger partial charge in [0.15, 0.2) is 25.5 Å². The zero-order chi connectivity index (χ0) is 27.0. The molecule has 212 valence electrons. The molecule has 9 heteroatoms.